The van der Waals surface area contributed by atoms with Crippen LogP contribution in [0.1, 0.15) is 11.1 Å². The zero-order valence-electron chi connectivity index (χ0n) is 13.8. The lowest BCUT2D eigenvalue weighted by Gasteiger charge is -2.24. The van der Waals surface area contributed by atoms with Crippen molar-refractivity contribution in [1.82, 2.24) is 20.6 Å². The fourth-order valence-corrected chi connectivity index (χ4v) is 4.52. The molecule has 1 aliphatic rings. The van der Waals surface area contributed by atoms with Crippen molar-refractivity contribution in [3.63, 3.8) is 0 Å². The van der Waals surface area contributed by atoms with Crippen LogP contribution >= 0.6 is 0 Å². The molecule has 2 aromatic carbocycles. The molecule has 26 heavy (non-hydrogen) atoms. The molecule has 0 saturated heterocycles. The maximum Gasteiger partial charge on any atom is 0.204 e. The molecule has 9 heteroatoms. The average molecular weight is 373 g/mol. The van der Waals surface area contributed by atoms with Crippen molar-refractivity contribution in [3.05, 3.63) is 59.4 Å². The quantitative estimate of drug-likeness (QED) is 0.754. The SMILES string of the molecule is O=S1(=O)CCN(Cc2cc(F)cc(-c3nn[nH]n3)c2)c2ccccc2C1. The van der Waals surface area contributed by atoms with E-state index in [1.165, 1.54) is 12.1 Å². The molecule has 0 aliphatic carbocycles. The van der Waals surface area contributed by atoms with Gasteiger partial charge >= 0.3 is 0 Å². The van der Waals surface area contributed by atoms with Crippen LogP contribution in [-0.4, -0.2) is 41.3 Å². The molecule has 0 unspecified atom stereocenters. The Balaban J connectivity index is 1.69. The Morgan fingerprint density at radius 2 is 2.04 bits per heavy atom. The molecule has 1 aliphatic heterocycles. The summed E-state index contributed by atoms with van der Waals surface area (Å²) >= 11 is 0. The van der Waals surface area contributed by atoms with E-state index in [-0.39, 0.29) is 11.5 Å². The van der Waals surface area contributed by atoms with Gasteiger partial charge in [0.1, 0.15) is 5.82 Å². The standard InChI is InChI=1S/C17H16FN5O2S/c18-15-8-12(7-14(9-15)17-19-21-22-20-17)10-23-5-6-26(24,25)11-13-3-1-2-4-16(13)23/h1-4,7-9H,5-6,10-11H2,(H,19,20,21,22). The molecule has 0 radical (unpaired) electrons. The molecule has 0 saturated carbocycles. The van der Waals surface area contributed by atoms with Crippen LogP contribution < -0.4 is 4.90 Å². The van der Waals surface area contributed by atoms with E-state index >= 15 is 0 Å². The van der Waals surface area contributed by atoms with Gasteiger partial charge in [0, 0.05) is 24.3 Å². The maximum absolute atomic E-state index is 14.1. The third-order valence-corrected chi connectivity index (χ3v) is 5.87. The third kappa shape index (κ3) is 3.43. The lowest BCUT2D eigenvalue weighted by molar-refractivity contribution is 0.595. The van der Waals surface area contributed by atoms with Gasteiger partial charge in [-0.05, 0) is 40.6 Å². The van der Waals surface area contributed by atoms with Crippen molar-refractivity contribution in [2.24, 2.45) is 0 Å². The zero-order chi connectivity index (χ0) is 18.1. The highest BCUT2D eigenvalue weighted by Gasteiger charge is 2.23. The van der Waals surface area contributed by atoms with Gasteiger partial charge in [-0.15, -0.1) is 10.2 Å². The zero-order valence-corrected chi connectivity index (χ0v) is 14.6. The smallest absolute Gasteiger partial charge is 0.204 e. The second-order valence-corrected chi connectivity index (χ2v) is 8.41. The number of hydrogen-bond donors (Lipinski definition) is 1. The second-order valence-electron chi connectivity index (χ2n) is 6.23. The monoisotopic (exact) mass is 373 g/mol. The summed E-state index contributed by atoms with van der Waals surface area (Å²) in [6.45, 7) is 0.739. The van der Waals surface area contributed by atoms with E-state index in [0.29, 0.717) is 30.0 Å². The molecule has 1 aromatic heterocycles. The molecule has 4 rings (SSSR count). The minimum Gasteiger partial charge on any atom is -0.366 e. The summed E-state index contributed by atoms with van der Waals surface area (Å²) in [5, 5.41) is 13.6. The first-order valence-electron chi connectivity index (χ1n) is 8.07. The number of H-pyrrole nitrogens is 1. The number of fused-ring (bicyclic) bond motifs is 1. The highest BCUT2D eigenvalue weighted by atomic mass is 32.2. The van der Waals surface area contributed by atoms with E-state index in [1.807, 2.05) is 29.2 Å². The van der Waals surface area contributed by atoms with Crippen LogP contribution in [0.2, 0.25) is 0 Å². The summed E-state index contributed by atoms with van der Waals surface area (Å²) in [4.78, 5) is 1.97. The number of aromatic nitrogens is 4. The second kappa shape index (κ2) is 6.49. The number of aromatic amines is 1. The van der Waals surface area contributed by atoms with Gasteiger partial charge in [0.2, 0.25) is 5.82 Å². The van der Waals surface area contributed by atoms with Crippen LogP contribution in [0.5, 0.6) is 0 Å². The van der Waals surface area contributed by atoms with Gasteiger partial charge in [-0.1, -0.05) is 18.2 Å². The van der Waals surface area contributed by atoms with Crippen molar-refractivity contribution in [3.8, 4) is 11.4 Å². The first kappa shape index (κ1) is 16.6. The van der Waals surface area contributed by atoms with E-state index in [2.05, 4.69) is 20.6 Å². The molecule has 0 spiro atoms. The van der Waals surface area contributed by atoms with Crippen molar-refractivity contribution < 1.29 is 12.8 Å². The number of hydrogen-bond acceptors (Lipinski definition) is 6. The minimum atomic E-state index is -3.16. The van der Waals surface area contributed by atoms with E-state index in [9.17, 15) is 12.8 Å². The molecule has 2 heterocycles. The van der Waals surface area contributed by atoms with E-state index < -0.39 is 15.7 Å². The topological polar surface area (TPSA) is 91.8 Å². The molecule has 0 atom stereocenters. The van der Waals surface area contributed by atoms with Crippen molar-refractivity contribution in [2.75, 3.05) is 17.2 Å². The fraction of sp³-hybridized carbons (Fsp3) is 0.235. The summed E-state index contributed by atoms with van der Waals surface area (Å²) in [5.74, 6) is -0.00588. The number of nitrogens with one attached hydrogen (secondary N) is 1. The molecule has 0 bridgehead atoms. The van der Waals surface area contributed by atoms with E-state index in [0.717, 1.165) is 11.3 Å². The number of anilines is 1. The van der Waals surface area contributed by atoms with Crippen LogP contribution in [-0.2, 0) is 22.1 Å². The van der Waals surface area contributed by atoms with E-state index in [4.69, 9.17) is 0 Å². The van der Waals surface area contributed by atoms with Crippen molar-refractivity contribution >= 4 is 15.5 Å². The average Bonchev–Trinajstić information content (AvgIpc) is 3.09. The van der Waals surface area contributed by atoms with Crippen LogP contribution in [0.3, 0.4) is 0 Å². The maximum atomic E-state index is 14.1. The molecule has 0 amide bonds. The number of nitrogens with zero attached hydrogens (tertiary/aromatic N) is 4. The molecule has 1 N–H and O–H groups in total. The number of tetrazole rings is 1. The highest BCUT2D eigenvalue weighted by Crippen LogP contribution is 2.28. The lowest BCUT2D eigenvalue weighted by Crippen LogP contribution is -2.27. The Hall–Kier alpha value is -2.81. The Morgan fingerprint density at radius 3 is 2.85 bits per heavy atom. The van der Waals surface area contributed by atoms with Crippen LogP contribution in [0, 0.1) is 5.82 Å². The van der Waals surface area contributed by atoms with Crippen LogP contribution in [0.15, 0.2) is 42.5 Å². The summed E-state index contributed by atoms with van der Waals surface area (Å²) in [7, 11) is -3.16. The van der Waals surface area contributed by atoms with Gasteiger partial charge in [-0.25, -0.2) is 12.8 Å². The summed E-state index contributed by atoms with van der Waals surface area (Å²) in [6, 6.07) is 12.0. The van der Waals surface area contributed by atoms with Gasteiger partial charge < -0.3 is 4.90 Å². The number of sulfone groups is 1. The van der Waals surface area contributed by atoms with Crippen LogP contribution in [0.25, 0.3) is 11.4 Å². The normalized spacial score (nSPS) is 16.1. The Kier molecular flexibility index (Phi) is 4.15. The van der Waals surface area contributed by atoms with E-state index in [1.54, 1.807) is 6.07 Å². The highest BCUT2D eigenvalue weighted by molar-refractivity contribution is 7.90. The molecule has 7 nitrogen and oxygen atoms in total. The lowest BCUT2D eigenvalue weighted by atomic mass is 10.1. The summed E-state index contributed by atoms with van der Waals surface area (Å²) in [5.41, 5.74) is 2.85. The van der Waals surface area contributed by atoms with Gasteiger partial charge in [-0.2, -0.15) is 5.21 Å². The van der Waals surface area contributed by atoms with Crippen LogP contribution in [0.4, 0.5) is 10.1 Å². The number of para-hydroxylation sites is 1. The molecular formula is C17H16FN5O2S. The largest absolute Gasteiger partial charge is 0.366 e. The molecule has 3 aromatic rings. The van der Waals surface area contributed by atoms with Gasteiger partial charge in [-0.3, -0.25) is 0 Å². The number of halogens is 1. The Labute approximate surface area is 149 Å². The van der Waals surface area contributed by atoms with Gasteiger partial charge in [0.05, 0.1) is 11.5 Å². The van der Waals surface area contributed by atoms with Crippen molar-refractivity contribution in [2.45, 2.75) is 12.3 Å². The third-order valence-electron chi connectivity index (χ3n) is 4.31. The molecular weight excluding hydrogens is 357 g/mol. The fourth-order valence-electron chi connectivity index (χ4n) is 3.16. The summed E-state index contributed by atoms with van der Waals surface area (Å²) < 4.78 is 38.4. The minimum absolute atomic E-state index is 0.0247. The molecule has 0 fully saturated rings. The first-order chi connectivity index (χ1) is 12.5. The van der Waals surface area contributed by atoms with Crippen molar-refractivity contribution in [1.29, 1.82) is 0 Å². The molecule has 134 valence electrons. The predicted octanol–water partition coefficient (Wildman–Crippen LogP) is 1.94. The number of benzene rings is 2. The Morgan fingerprint density at radius 1 is 1.19 bits per heavy atom. The van der Waals surface area contributed by atoms with Gasteiger partial charge in [0.25, 0.3) is 0 Å². The Bertz CT molecular complexity index is 1040. The van der Waals surface area contributed by atoms with Gasteiger partial charge in [0.15, 0.2) is 9.84 Å². The number of rotatable bonds is 3. The summed E-state index contributed by atoms with van der Waals surface area (Å²) in [6.07, 6.45) is 0. The predicted molar refractivity (Wildman–Crippen MR) is 94.6 cm³/mol. The first-order valence-corrected chi connectivity index (χ1v) is 9.89.